The van der Waals surface area contributed by atoms with Crippen LogP contribution in [-0.2, 0) is 5.41 Å². The fourth-order valence-corrected chi connectivity index (χ4v) is 9.79. The molecular formula is C56H42N2. The van der Waals surface area contributed by atoms with Gasteiger partial charge in [0.1, 0.15) is 0 Å². The van der Waals surface area contributed by atoms with Crippen molar-refractivity contribution in [3.63, 3.8) is 0 Å². The Morgan fingerprint density at radius 2 is 0.931 bits per heavy atom. The predicted octanol–water partition coefficient (Wildman–Crippen LogP) is 15.3. The number of hydrogen-bond donors (Lipinski definition) is 0. The number of pyridine rings is 1. The highest BCUT2D eigenvalue weighted by molar-refractivity contribution is 6.17. The Bertz CT molecular complexity index is 3170. The van der Waals surface area contributed by atoms with Gasteiger partial charge in [-0.05, 0) is 105 Å². The second-order valence-electron chi connectivity index (χ2n) is 16.2. The Morgan fingerprint density at radius 1 is 0.414 bits per heavy atom. The zero-order chi connectivity index (χ0) is 39.0. The Hall–Kier alpha value is -7.16. The van der Waals surface area contributed by atoms with Gasteiger partial charge < -0.3 is 9.30 Å². The molecule has 2 aromatic heterocycles. The van der Waals surface area contributed by atoms with Crippen LogP contribution in [0.15, 0.2) is 200 Å². The number of fused-ring (bicyclic) bond motifs is 9. The molecule has 0 spiro atoms. The summed E-state index contributed by atoms with van der Waals surface area (Å²) in [6, 6.07) is 73.4. The zero-order valence-corrected chi connectivity index (χ0v) is 32.9. The van der Waals surface area contributed by atoms with Crippen LogP contribution < -0.4 is 4.90 Å². The van der Waals surface area contributed by atoms with Gasteiger partial charge >= 0.3 is 0 Å². The van der Waals surface area contributed by atoms with Crippen molar-refractivity contribution in [2.45, 2.75) is 26.2 Å². The average Bonchev–Trinajstić information content (AvgIpc) is 3.72. The Labute approximate surface area is 339 Å². The lowest BCUT2D eigenvalue weighted by molar-refractivity contribution is 0.660. The van der Waals surface area contributed by atoms with E-state index in [0.717, 1.165) is 17.1 Å². The molecule has 2 heterocycles. The Kier molecular flexibility index (Phi) is 7.78. The third-order valence-electron chi connectivity index (χ3n) is 12.6. The van der Waals surface area contributed by atoms with Crippen LogP contribution in [0.2, 0.25) is 0 Å². The van der Waals surface area contributed by atoms with E-state index >= 15 is 0 Å². The highest BCUT2D eigenvalue weighted by atomic mass is 15.1. The van der Waals surface area contributed by atoms with Crippen molar-refractivity contribution in [3.8, 4) is 44.6 Å². The molecule has 1 aliphatic carbocycles. The van der Waals surface area contributed by atoms with Crippen LogP contribution in [0, 0.1) is 6.92 Å². The van der Waals surface area contributed by atoms with Crippen LogP contribution in [0.25, 0.3) is 71.8 Å². The smallest absolute Gasteiger partial charge is 0.0622 e. The predicted molar refractivity (Wildman–Crippen MR) is 246 cm³/mol. The Morgan fingerprint density at radius 3 is 1.64 bits per heavy atom. The maximum absolute atomic E-state index is 2.51. The first-order valence-corrected chi connectivity index (χ1v) is 20.3. The van der Waals surface area contributed by atoms with E-state index in [9.17, 15) is 0 Å². The number of hydrogen-bond acceptors (Lipinski definition) is 1. The van der Waals surface area contributed by atoms with Crippen molar-refractivity contribution in [3.05, 3.63) is 217 Å². The maximum Gasteiger partial charge on any atom is 0.0622 e. The van der Waals surface area contributed by atoms with Gasteiger partial charge in [0.15, 0.2) is 0 Å². The number of anilines is 3. The molecule has 0 unspecified atom stereocenters. The van der Waals surface area contributed by atoms with Gasteiger partial charge in [-0.3, -0.25) is 0 Å². The van der Waals surface area contributed by atoms with Crippen LogP contribution in [0.5, 0.6) is 0 Å². The molecule has 58 heavy (non-hydrogen) atoms. The molecule has 8 aromatic carbocycles. The largest absolute Gasteiger partial charge is 0.310 e. The van der Waals surface area contributed by atoms with E-state index < -0.39 is 0 Å². The minimum atomic E-state index is -0.105. The fourth-order valence-electron chi connectivity index (χ4n) is 9.79. The van der Waals surface area contributed by atoms with Crippen molar-refractivity contribution >= 4 is 44.3 Å². The summed E-state index contributed by atoms with van der Waals surface area (Å²) in [4.78, 5) is 2.42. The highest BCUT2D eigenvalue weighted by Gasteiger charge is 2.35. The lowest BCUT2D eigenvalue weighted by atomic mass is 9.82. The molecule has 0 fully saturated rings. The van der Waals surface area contributed by atoms with Crippen LogP contribution in [-0.4, -0.2) is 4.40 Å². The lowest BCUT2D eigenvalue weighted by Gasteiger charge is -2.28. The summed E-state index contributed by atoms with van der Waals surface area (Å²) in [5, 5.41) is 3.79. The molecule has 0 aliphatic heterocycles. The SMILES string of the molecule is Cc1c(-c2ccc(N(c3ccc(-c4ccccc4)cc3)c3ccc4c(c3)C(C)(C)c3ccccc3-4)cc2)c2c3ccccc3c3ccccc3n2c1-c1ccccc1. The fraction of sp³-hybridized carbons (Fsp3) is 0.0714. The average molecular weight is 743 g/mol. The number of aromatic nitrogens is 1. The Balaban J connectivity index is 1.10. The molecule has 2 heteroatoms. The van der Waals surface area contributed by atoms with Crippen LogP contribution in [0.3, 0.4) is 0 Å². The van der Waals surface area contributed by atoms with Crippen LogP contribution >= 0.6 is 0 Å². The van der Waals surface area contributed by atoms with Gasteiger partial charge in [-0.1, -0.05) is 172 Å². The van der Waals surface area contributed by atoms with E-state index in [1.807, 2.05) is 0 Å². The zero-order valence-electron chi connectivity index (χ0n) is 32.9. The summed E-state index contributed by atoms with van der Waals surface area (Å²) >= 11 is 0. The number of rotatable bonds is 6. The molecule has 0 saturated heterocycles. The third-order valence-corrected chi connectivity index (χ3v) is 12.6. The molecule has 11 rings (SSSR count). The van der Waals surface area contributed by atoms with Gasteiger partial charge in [-0.15, -0.1) is 0 Å². The molecule has 0 radical (unpaired) electrons. The monoisotopic (exact) mass is 742 g/mol. The van der Waals surface area contributed by atoms with Crippen molar-refractivity contribution in [1.29, 1.82) is 0 Å². The summed E-state index contributed by atoms with van der Waals surface area (Å²) in [7, 11) is 0. The standard InChI is InChI=1S/C56H42N2/c1-37-53(55-49-23-11-10-20-45(49)48-22-13-15-25-52(48)58(55)54(37)41-18-8-5-9-19-41)40-28-32-43(33-29-40)57(42-30-26-39(27-31-42)38-16-6-4-7-17-38)44-34-35-47-46-21-12-14-24-50(46)56(2,3)51(47)36-44/h4-36H,1-3H3. The molecular weight excluding hydrogens is 701 g/mol. The van der Waals surface area contributed by atoms with Crippen molar-refractivity contribution < 1.29 is 0 Å². The normalized spacial score (nSPS) is 12.9. The van der Waals surface area contributed by atoms with Gasteiger partial charge in [-0.25, -0.2) is 0 Å². The molecule has 0 bridgehead atoms. The highest BCUT2D eigenvalue weighted by Crippen LogP contribution is 2.51. The van der Waals surface area contributed by atoms with Crippen molar-refractivity contribution in [2.75, 3.05) is 4.90 Å². The van der Waals surface area contributed by atoms with Gasteiger partial charge in [0.2, 0.25) is 0 Å². The first kappa shape index (κ1) is 34.1. The number of para-hydroxylation sites is 1. The van der Waals surface area contributed by atoms with Gasteiger partial charge in [0.05, 0.1) is 16.7 Å². The summed E-state index contributed by atoms with van der Waals surface area (Å²) < 4.78 is 2.51. The van der Waals surface area contributed by atoms with Crippen molar-refractivity contribution in [1.82, 2.24) is 4.40 Å². The lowest BCUT2D eigenvalue weighted by Crippen LogP contribution is -2.16. The second-order valence-corrected chi connectivity index (χ2v) is 16.2. The topological polar surface area (TPSA) is 7.65 Å². The molecule has 0 amide bonds. The maximum atomic E-state index is 2.51. The van der Waals surface area contributed by atoms with Gasteiger partial charge in [0, 0.05) is 38.8 Å². The quantitative estimate of drug-likeness (QED) is 0.154. The molecule has 0 saturated carbocycles. The van der Waals surface area contributed by atoms with Crippen LogP contribution in [0.4, 0.5) is 17.1 Å². The second kappa shape index (κ2) is 13.2. The molecule has 2 nitrogen and oxygen atoms in total. The molecule has 10 aromatic rings. The minimum absolute atomic E-state index is 0.105. The van der Waals surface area contributed by atoms with E-state index in [4.69, 9.17) is 0 Å². The third kappa shape index (κ3) is 5.18. The van der Waals surface area contributed by atoms with Gasteiger partial charge in [-0.2, -0.15) is 0 Å². The molecule has 0 atom stereocenters. The van der Waals surface area contributed by atoms with Crippen molar-refractivity contribution in [2.24, 2.45) is 0 Å². The van der Waals surface area contributed by atoms with E-state index in [-0.39, 0.29) is 5.41 Å². The molecule has 276 valence electrons. The first-order chi connectivity index (χ1) is 28.5. The molecule has 0 N–H and O–H groups in total. The summed E-state index contributed by atoms with van der Waals surface area (Å²) in [5.41, 5.74) is 19.7. The minimum Gasteiger partial charge on any atom is -0.310 e. The summed E-state index contributed by atoms with van der Waals surface area (Å²) in [5.74, 6) is 0. The number of nitrogens with zero attached hydrogens (tertiary/aromatic N) is 2. The summed E-state index contributed by atoms with van der Waals surface area (Å²) in [6.45, 7) is 7.01. The van der Waals surface area contributed by atoms with E-state index in [1.165, 1.54) is 88.5 Å². The van der Waals surface area contributed by atoms with E-state index in [0.29, 0.717) is 0 Å². The summed E-state index contributed by atoms with van der Waals surface area (Å²) in [6.07, 6.45) is 0. The van der Waals surface area contributed by atoms with E-state index in [2.05, 4.69) is 230 Å². The number of benzene rings is 8. The first-order valence-electron chi connectivity index (χ1n) is 20.3. The van der Waals surface area contributed by atoms with E-state index in [1.54, 1.807) is 0 Å². The van der Waals surface area contributed by atoms with Crippen LogP contribution in [0.1, 0.15) is 30.5 Å². The van der Waals surface area contributed by atoms with Gasteiger partial charge in [0.25, 0.3) is 0 Å². The molecule has 1 aliphatic rings.